The largest absolute Gasteiger partial charge is 0.255 e. The molecule has 0 amide bonds. The number of fused-ring (bicyclic) bond motifs is 1. The van der Waals surface area contributed by atoms with Gasteiger partial charge in [0.15, 0.2) is 0 Å². The Labute approximate surface area is 102 Å². The lowest BCUT2D eigenvalue weighted by Gasteiger charge is -2.17. The second kappa shape index (κ2) is 4.54. The van der Waals surface area contributed by atoms with Crippen molar-refractivity contribution in [2.75, 3.05) is 0 Å². The maximum atomic E-state index is 4.56. The number of nitrogens with zero attached hydrogens (tertiary/aromatic N) is 1. The Kier molecular flexibility index (Phi) is 3.29. The van der Waals surface area contributed by atoms with Crippen molar-refractivity contribution in [1.29, 1.82) is 0 Å². The average Bonchev–Trinajstić information content (AvgIpc) is 2.73. The van der Waals surface area contributed by atoms with E-state index >= 15 is 0 Å². The van der Waals surface area contributed by atoms with Crippen LogP contribution in [0, 0.1) is 0 Å². The molecule has 0 spiro atoms. The molecule has 1 nitrogen and oxygen atoms in total. The maximum absolute atomic E-state index is 4.56. The highest BCUT2D eigenvalue weighted by Gasteiger charge is 2.16. The van der Waals surface area contributed by atoms with Gasteiger partial charge in [-0.1, -0.05) is 27.7 Å². The third-order valence-corrected chi connectivity index (χ3v) is 4.20. The quantitative estimate of drug-likeness (QED) is 0.732. The predicted molar refractivity (Wildman–Crippen MR) is 72.4 cm³/mol. The first-order valence-electron chi connectivity index (χ1n) is 6.01. The number of hydrogen-bond acceptors (Lipinski definition) is 2. The lowest BCUT2D eigenvalue weighted by Crippen LogP contribution is -2.01. The standard InChI is InChI=1S/C14H19NS/c1-5-10(4)11-8-15-12-6-7-16-14(12)13(11)9(2)3/h6-10H,5H2,1-4H3. The minimum atomic E-state index is 0.577. The van der Waals surface area contributed by atoms with E-state index in [4.69, 9.17) is 0 Å². The van der Waals surface area contributed by atoms with Crippen LogP contribution in [0.1, 0.15) is 57.1 Å². The van der Waals surface area contributed by atoms with Crippen molar-refractivity contribution in [3.8, 4) is 0 Å². The molecule has 2 heteroatoms. The predicted octanol–water partition coefficient (Wildman–Crippen LogP) is 4.93. The third-order valence-electron chi connectivity index (χ3n) is 3.26. The summed E-state index contributed by atoms with van der Waals surface area (Å²) in [5, 5.41) is 2.14. The highest BCUT2D eigenvalue weighted by molar-refractivity contribution is 7.17. The Bertz CT molecular complexity index is 484. The van der Waals surface area contributed by atoms with E-state index in [2.05, 4.69) is 50.3 Å². The molecule has 86 valence electrons. The summed E-state index contributed by atoms with van der Waals surface area (Å²) in [5.74, 6) is 1.18. The van der Waals surface area contributed by atoms with Crippen LogP contribution in [0.5, 0.6) is 0 Å². The Morgan fingerprint density at radius 3 is 2.69 bits per heavy atom. The summed E-state index contributed by atoms with van der Waals surface area (Å²) in [6.07, 6.45) is 3.26. The molecule has 2 aromatic heterocycles. The van der Waals surface area contributed by atoms with E-state index in [1.807, 2.05) is 11.3 Å². The summed E-state index contributed by atoms with van der Waals surface area (Å²) >= 11 is 1.82. The molecule has 0 saturated heterocycles. The van der Waals surface area contributed by atoms with Gasteiger partial charge in [-0.05, 0) is 40.8 Å². The Morgan fingerprint density at radius 1 is 1.31 bits per heavy atom. The van der Waals surface area contributed by atoms with Crippen LogP contribution < -0.4 is 0 Å². The van der Waals surface area contributed by atoms with E-state index in [0.29, 0.717) is 11.8 Å². The van der Waals surface area contributed by atoms with Crippen LogP contribution in [-0.4, -0.2) is 4.98 Å². The molecule has 0 aliphatic carbocycles. The number of hydrogen-bond donors (Lipinski definition) is 0. The number of thiophene rings is 1. The Morgan fingerprint density at radius 2 is 2.06 bits per heavy atom. The van der Waals surface area contributed by atoms with Gasteiger partial charge in [-0.25, -0.2) is 0 Å². The lowest BCUT2D eigenvalue weighted by atomic mass is 9.90. The van der Waals surface area contributed by atoms with Crippen molar-refractivity contribution < 1.29 is 0 Å². The molecule has 0 radical (unpaired) electrons. The van der Waals surface area contributed by atoms with E-state index in [9.17, 15) is 0 Å². The molecule has 2 aromatic rings. The fraction of sp³-hybridized carbons (Fsp3) is 0.500. The van der Waals surface area contributed by atoms with Crippen molar-refractivity contribution in [3.05, 3.63) is 28.8 Å². The molecule has 16 heavy (non-hydrogen) atoms. The molecule has 0 fully saturated rings. The van der Waals surface area contributed by atoms with Crippen LogP contribution in [-0.2, 0) is 0 Å². The fourth-order valence-corrected chi connectivity index (χ4v) is 3.21. The van der Waals surface area contributed by atoms with Gasteiger partial charge in [-0.3, -0.25) is 4.98 Å². The highest BCUT2D eigenvalue weighted by atomic mass is 32.1. The zero-order valence-corrected chi connectivity index (χ0v) is 11.3. The molecule has 1 atom stereocenters. The van der Waals surface area contributed by atoms with Gasteiger partial charge < -0.3 is 0 Å². The Hall–Kier alpha value is -0.890. The van der Waals surface area contributed by atoms with Gasteiger partial charge >= 0.3 is 0 Å². The van der Waals surface area contributed by atoms with Crippen molar-refractivity contribution in [3.63, 3.8) is 0 Å². The summed E-state index contributed by atoms with van der Waals surface area (Å²) in [4.78, 5) is 4.56. The molecule has 0 aliphatic rings. The van der Waals surface area contributed by atoms with E-state index in [0.717, 1.165) is 5.52 Å². The summed E-state index contributed by atoms with van der Waals surface area (Å²) < 4.78 is 1.38. The van der Waals surface area contributed by atoms with Crippen molar-refractivity contribution in [1.82, 2.24) is 4.98 Å². The summed E-state index contributed by atoms with van der Waals surface area (Å²) in [5.41, 5.74) is 4.10. The van der Waals surface area contributed by atoms with Gasteiger partial charge in [-0.15, -0.1) is 11.3 Å². The molecule has 2 rings (SSSR count). The van der Waals surface area contributed by atoms with Gasteiger partial charge in [-0.2, -0.15) is 0 Å². The van der Waals surface area contributed by atoms with E-state index in [-0.39, 0.29) is 0 Å². The van der Waals surface area contributed by atoms with Gasteiger partial charge in [0, 0.05) is 6.20 Å². The maximum Gasteiger partial charge on any atom is 0.0812 e. The van der Waals surface area contributed by atoms with Gasteiger partial charge in [0.25, 0.3) is 0 Å². The van der Waals surface area contributed by atoms with Crippen molar-refractivity contribution >= 4 is 21.6 Å². The van der Waals surface area contributed by atoms with Gasteiger partial charge in [0.05, 0.1) is 10.2 Å². The summed E-state index contributed by atoms with van der Waals surface area (Å²) in [6, 6.07) is 2.12. The summed E-state index contributed by atoms with van der Waals surface area (Å²) in [7, 11) is 0. The normalized spacial score (nSPS) is 13.6. The molecule has 1 unspecified atom stereocenters. The molecule has 0 bridgehead atoms. The monoisotopic (exact) mass is 233 g/mol. The zero-order chi connectivity index (χ0) is 11.7. The molecule has 0 saturated carbocycles. The fourth-order valence-electron chi connectivity index (χ4n) is 2.15. The smallest absolute Gasteiger partial charge is 0.0812 e. The Balaban J connectivity index is 2.68. The van der Waals surface area contributed by atoms with Crippen LogP contribution in [0.4, 0.5) is 0 Å². The zero-order valence-electron chi connectivity index (χ0n) is 10.4. The van der Waals surface area contributed by atoms with E-state index in [1.54, 1.807) is 0 Å². The number of aromatic nitrogens is 1. The van der Waals surface area contributed by atoms with E-state index in [1.165, 1.54) is 22.2 Å². The molecule has 0 N–H and O–H groups in total. The molecule has 0 aliphatic heterocycles. The number of pyridine rings is 1. The second-order valence-corrected chi connectivity index (χ2v) is 5.64. The van der Waals surface area contributed by atoms with Crippen LogP contribution in [0.25, 0.3) is 10.2 Å². The molecular formula is C14H19NS. The minimum absolute atomic E-state index is 0.577. The van der Waals surface area contributed by atoms with Crippen LogP contribution in [0.2, 0.25) is 0 Å². The second-order valence-electron chi connectivity index (χ2n) is 4.73. The topological polar surface area (TPSA) is 12.9 Å². The first-order valence-corrected chi connectivity index (χ1v) is 6.89. The molecular weight excluding hydrogens is 214 g/mol. The third kappa shape index (κ3) is 1.86. The van der Waals surface area contributed by atoms with Gasteiger partial charge in [0.2, 0.25) is 0 Å². The van der Waals surface area contributed by atoms with E-state index < -0.39 is 0 Å². The SMILES string of the molecule is CCC(C)c1cnc2ccsc2c1C(C)C. The number of rotatable bonds is 3. The highest BCUT2D eigenvalue weighted by Crippen LogP contribution is 2.35. The average molecular weight is 233 g/mol. The summed E-state index contributed by atoms with van der Waals surface area (Å²) in [6.45, 7) is 9.09. The first-order chi connectivity index (χ1) is 7.65. The molecule has 2 heterocycles. The minimum Gasteiger partial charge on any atom is -0.255 e. The van der Waals surface area contributed by atoms with Gasteiger partial charge in [0.1, 0.15) is 0 Å². The van der Waals surface area contributed by atoms with Crippen molar-refractivity contribution in [2.45, 2.75) is 46.0 Å². The first kappa shape index (κ1) is 11.6. The van der Waals surface area contributed by atoms with Crippen LogP contribution >= 0.6 is 11.3 Å². The van der Waals surface area contributed by atoms with Crippen LogP contribution in [0.15, 0.2) is 17.6 Å². The lowest BCUT2D eigenvalue weighted by molar-refractivity contribution is 0.708. The van der Waals surface area contributed by atoms with Crippen molar-refractivity contribution in [2.24, 2.45) is 0 Å². The van der Waals surface area contributed by atoms with Crippen LogP contribution in [0.3, 0.4) is 0 Å². The molecule has 0 aromatic carbocycles.